The molecule has 6 atom stereocenters. The SMILES string of the molecule is CCCC/C=C\CCCCCCCC(=O)OC1C(OCC(COC(=O)CCCCCCCCC/C=C\C/C=C\CCCCC)OC(=O)CCCCCCC/C=C\C/C=C\CCCCC)OC(C(=O)O)C(O)C1O. The summed E-state index contributed by atoms with van der Waals surface area (Å²) in [5.74, 6) is -3.15. The summed E-state index contributed by atoms with van der Waals surface area (Å²) in [5, 5.41) is 31.4. The first kappa shape index (κ1) is 67.4. The number of rotatable bonds is 49. The average Bonchev–Trinajstić information content (AvgIpc) is 3.37. The maximum absolute atomic E-state index is 13.1. The van der Waals surface area contributed by atoms with Gasteiger partial charge in [-0.1, -0.05) is 191 Å². The Kier molecular flexibility index (Phi) is 45.5. The summed E-state index contributed by atoms with van der Waals surface area (Å²) in [6.45, 7) is 5.87. The summed E-state index contributed by atoms with van der Waals surface area (Å²) in [6, 6.07) is 0. The van der Waals surface area contributed by atoms with Gasteiger partial charge in [0.1, 0.15) is 18.8 Å². The Labute approximate surface area is 443 Å². The molecule has 420 valence electrons. The Balaban J connectivity index is 2.71. The second kappa shape index (κ2) is 49.3. The lowest BCUT2D eigenvalue weighted by Gasteiger charge is -2.40. The zero-order valence-corrected chi connectivity index (χ0v) is 46.1. The van der Waals surface area contributed by atoms with Crippen LogP contribution >= 0.6 is 0 Å². The van der Waals surface area contributed by atoms with E-state index in [0.29, 0.717) is 19.3 Å². The third-order valence-electron chi connectivity index (χ3n) is 13.0. The number of esters is 3. The summed E-state index contributed by atoms with van der Waals surface area (Å²) in [7, 11) is 0. The van der Waals surface area contributed by atoms with Gasteiger partial charge in [-0.05, 0) is 103 Å². The summed E-state index contributed by atoms with van der Waals surface area (Å²) in [5.41, 5.74) is 0. The molecule has 0 bridgehead atoms. The van der Waals surface area contributed by atoms with Crippen molar-refractivity contribution >= 4 is 23.9 Å². The zero-order chi connectivity index (χ0) is 53.3. The molecule has 1 aliphatic rings. The van der Waals surface area contributed by atoms with Gasteiger partial charge in [-0.25, -0.2) is 4.79 Å². The van der Waals surface area contributed by atoms with Gasteiger partial charge in [0, 0.05) is 19.3 Å². The van der Waals surface area contributed by atoms with Crippen LogP contribution in [0.4, 0.5) is 0 Å². The Morgan fingerprint density at radius 2 is 0.836 bits per heavy atom. The molecule has 0 aromatic heterocycles. The van der Waals surface area contributed by atoms with Gasteiger partial charge in [-0.15, -0.1) is 0 Å². The molecular formula is C61H104O12. The molecule has 0 spiro atoms. The van der Waals surface area contributed by atoms with Crippen molar-refractivity contribution < 1.29 is 58.2 Å². The van der Waals surface area contributed by atoms with Crippen LogP contribution in [0.25, 0.3) is 0 Å². The van der Waals surface area contributed by atoms with Crippen molar-refractivity contribution in [1.82, 2.24) is 0 Å². The Morgan fingerprint density at radius 3 is 1.29 bits per heavy atom. The molecule has 1 heterocycles. The highest BCUT2D eigenvalue weighted by Gasteiger charge is 2.50. The van der Waals surface area contributed by atoms with Crippen molar-refractivity contribution in [2.45, 2.75) is 289 Å². The molecule has 1 rings (SSSR count). The first-order valence-electron chi connectivity index (χ1n) is 29.3. The normalized spacial score (nSPS) is 18.7. The second-order valence-corrected chi connectivity index (χ2v) is 19.9. The molecule has 0 aromatic carbocycles. The van der Waals surface area contributed by atoms with E-state index in [-0.39, 0.29) is 25.9 Å². The molecule has 1 saturated heterocycles. The van der Waals surface area contributed by atoms with Crippen molar-refractivity contribution in [3.63, 3.8) is 0 Å². The van der Waals surface area contributed by atoms with Crippen LogP contribution in [0.5, 0.6) is 0 Å². The van der Waals surface area contributed by atoms with Crippen molar-refractivity contribution in [2.75, 3.05) is 13.2 Å². The lowest BCUT2D eigenvalue weighted by atomic mass is 9.98. The number of aliphatic carboxylic acids is 1. The summed E-state index contributed by atoms with van der Waals surface area (Å²) >= 11 is 0. The van der Waals surface area contributed by atoms with Crippen LogP contribution < -0.4 is 0 Å². The molecule has 0 radical (unpaired) electrons. The van der Waals surface area contributed by atoms with Gasteiger partial charge in [0.25, 0.3) is 0 Å². The number of allylic oxidation sites excluding steroid dienone is 10. The largest absolute Gasteiger partial charge is 0.479 e. The quantitative estimate of drug-likeness (QED) is 0.0228. The Morgan fingerprint density at radius 1 is 0.452 bits per heavy atom. The number of carboxylic acids is 1. The van der Waals surface area contributed by atoms with Gasteiger partial charge >= 0.3 is 23.9 Å². The first-order chi connectivity index (χ1) is 35.6. The lowest BCUT2D eigenvalue weighted by Crippen LogP contribution is -2.61. The molecule has 0 aromatic rings. The van der Waals surface area contributed by atoms with Crippen LogP contribution in [0.3, 0.4) is 0 Å². The van der Waals surface area contributed by atoms with Crippen LogP contribution in [0, 0.1) is 0 Å². The van der Waals surface area contributed by atoms with Gasteiger partial charge in [0.05, 0.1) is 6.61 Å². The topological polar surface area (TPSA) is 175 Å². The number of aliphatic hydroxyl groups is 2. The van der Waals surface area contributed by atoms with E-state index >= 15 is 0 Å². The fourth-order valence-electron chi connectivity index (χ4n) is 8.47. The number of carboxylic acid groups (broad SMARTS) is 1. The van der Waals surface area contributed by atoms with Crippen LogP contribution in [0.2, 0.25) is 0 Å². The number of ether oxygens (including phenoxy) is 5. The van der Waals surface area contributed by atoms with Gasteiger partial charge in [0.2, 0.25) is 0 Å². The number of unbranched alkanes of at least 4 members (excludes halogenated alkanes) is 25. The second-order valence-electron chi connectivity index (χ2n) is 19.9. The highest BCUT2D eigenvalue weighted by molar-refractivity contribution is 5.74. The fourth-order valence-corrected chi connectivity index (χ4v) is 8.47. The van der Waals surface area contributed by atoms with E-state index in [0.717, 1.165) is 122 Å². The minimum Gasteiger partial charge on any atom is -0.479 e. The first-order valence-corrected chi connectivity index (χ1v) is 29.3. The Hall–Kier alpha value is -3.58. The van der Waals surface area contributed by atoms with E-state index in [2.05, 4.69) is 81.5 Å². The highest BCUT2D eigenvalue weighted by atomic mass is 16.7. The van der Waals surface area contributed by atoms with Crippen LogP contribution in [0.1, 0.15) is 252 Å². The number of hydrogen-bond acceptors (Lipinski definition) is 11. The van der Waals surface area contributed by atoms with Gasteiger partial charge in [0.15, 0.2) is 24.6 Å². The summed E-state index contributed by atoms with van der Waals surface area (Å²) in [4.78, 5) is 51.0. The fraction of sp³-hybridized carbons (Fsp3) is 0.770. The summed E-state index contributed by atoms with van der Waals surface area (Å²) in [6.07, 6.45) is 47.6. The van der Waals surface area contributed by atoms with E-state index < -0.39 is 67.3 Å². The standard InChI is InChI=1S/C61H104O12/c1-4-7-10-13-16-19-22-24-26-27-29-30-33-35-38-41-44-47-53(62)69-50-52(71-54(63)48-45-42-39-37-34-31-28-25-23-20-17-14-11-8-5-2)51-70-61-59(57(66)56(65)58(73-61)60(67)68)72-55(64)49-46-43-40-36-32-21-18-15-12-9-6-3/h15-20,24-26,28,52,56-59,61,65-66H,4-14,21-23,27,29-51H2,1-3H3,(H,67,68)/b18-15-,19-16-,20-17-,26-24-,28-25-. The number of hydrogen-bond donors (Lipinski definition) is 3. The molecule has 0 saturated carbocycles. The summed E-state index contributed by atoms with van der Waals surface area (Å²) < 4.78 is 28.4. The molecule has 0 amide bonds. The van der Waals surface area contributed by atoms with Crippen LogP contribution in [0.15, 0.2) is 60.8 Å². The van der Waals surface area contributed by atoms with Crippen molar-refractivity contribution in [1.29, 1.82) is 0 Å². The zero-order valence-electron chi connectivity index (χ0n) is 46.1. The average molecular weight is 1030 g/mol. The number of carbonyl (C=O) groups excluding carboxylic acids is 3. The van der Waals surface area contributed by atoms with Gasteiger partial charge in [-0.2, -0.15) is 0 Å². The van der Waals surface area contributed by atoms with Gasteiger partial charge in [-0.3, -0.25) is 14.4 Å². The lowest BCUT2D eigenvalue weighted by molar-refractivity contribution is -0.301. The predicted octanol–water partition coefficient (Wildman–Crippen LogP) is 14.8. The molecule has 12 heteroatoms. The van der Waals surface area contributed by atoms with E-state index in [1.165, 1.54) is 70.6 Å². The van der Waals surface area contributed by atoms with Crippen molar-refractivity contribution in [3.05, 3.63) is 60.8 Å². The monoisotopic (exact) mass is 1030 g/mol. The van der Waals surface area contributed by atoms with Crippen molar-refractivity contribution in [3.8, 4) is 0 Å². The van der Waals surface area contributed by atoms with Crippen LogP contribution in [-0.4, -0.2) is 89.2 Å². The number of aliphatic hydroxyl groups excluding tert-OH is 2. The smallest absolute Gasteiger partial charge is 0.335 e. The molecule has 73 heavy (non-hydrogen) atoms. The maximum atomic E-state index is 13.1. The molecule has 0 aliphatic carbocycles. The molecule has 3 N–H and O–H groups in total. The van der Waals surface area contributed by atoms with E-state index in [1.807, 2.05) is 0 Å². The minimum absolute atomic E-state index is 0.0469. The van der Waals surface area contributed by atoms with E-state index in [1.54, 1.807) is 0 Å². The van der Waals surface area contributed by atoms with Gasteiger partial charge < -0.3 is 39.0 Å². The molecule has 12 nitrogen and oxygen atoms in total. The molecule has 1 aliphatic heterocycles. The molecule has 6 unspecified atom stereocenters. The minimum atomic E-state index is -1.91. The maximum Gasteiger partial charge on any atom is 0.335 e. The van der Waals surface area contributed by atoms with E-state index in [9.17, 15) is 34.5 Å². The highest BCUT2D eigenvalue weighted by Crippen LogP contribution is 2.26. The van der Waals surface area contributed by atoms with Crippen LogP contribution in [-0.2, 0) is 42.9 Å². The molecule has 1 fully saturated rings. The predicted molar refractivity (Wildman–Crippen MR) is 294 cm³/mol. The molecular weight excluding hydrogens is 925 g/mol. The van der Waals surface area contributed by atoms with Crippen molar-refractivity contribution in [2.24, 2.45) is 0 Å². The van der Waals surface area contributed by atoms with E-state index in [4.69, 9.17) is 23.7 Å². The Bertz CT molecular complexity index is 1500. The third-order valence-corrected chi connectivity index (χ3v) is 13.0. The third kappa shape index (κ3) is 39.5. The number of carbonyl (C=O) groups is 4.